The summed E-state index contributed by atoms with van der Waals surface area (Å²) in [5.74, 6) is -2.90. The van der Waals surface area contributed by atoms with Crippen molar-refractivity contribution >= 4 is 46.8 Å². The molecule has 2 fully saturated rings. The van der Waals surface area contributed by atoms with Crippen molar-refractivity contribution in [3.05, 3.63) is 95.1 Å². The lowest BCUT2D eigenvalue weighted by atomic mass is 9.90. The molecule has 4 N–H and O–H groups in total. The third-order valence-electron chi connectivity index (χ3n) is 10.3. The molecule has 3 aromatic rings. The van der Waals surface area contributed by atoms with E-state index in [4.69, 9.17) is 45.4 Å². The monoisotopic (exact) mass is 866 g/mol. The Morgan fingerprint density at radius 2 is 1.43 bits per heavy atom. The Hall–Kier alpha value is -5.01. The number of hydrogen-bond acceptors (Lipinski definition) is 16. The zero-order valence-corrected chi connectivity index (χ0v) is 35.7. The van der Waals surface area contributed by atoms with Gasteiger partial charge in [-0.25, -0.2) is 0 Å². The zero-order valence-electron chi connectivity index (χ0n) is 34.9. The average Bonchev–Trinajstić information content (AvgIpc) is 3.19. The van der Waals surface area contributed by atoms with Crippen molar-refractivity contribution in [2.45, 2.75) is 103 Å². The number of rotatable bonds is 16. The summed E-state index contributed by atoms with van der Waals surface area (Å²) < 4.78 is 41.4. The molecular formula is C44H54N2O14S. The van der Waals surface area contributed by atoms with Gasteiger partial charge in [-0.05, 0) is 48.0 Å². The maximum Gasteiger partial charge on any atom is 0.303 e. The van der Waals surface area contributed by atoms with Gasteiger partial charge in [0.1, 0.15) is 24.6 Å². The van der Waals surface area contributed by atoms with Crippen molar-refractivity contribution in [2.24, 2.45) is 5.92 Å². The van der Waals surface area contributed by atoms with Crippen molar-refractivity contribution in [3.63, 3.8) is 0 Å². The van der Waals surface area contributed by atoms with E-state index in [0.29, 0.717) is 23.4 Å². The van der Waals surface area contributed by atoms with Crippen LogP contribution in [-0.2, 0) is 58.9 Å². The van der Waals surface area contributed by atoms with Gasteiger partial charge in [-0.3, -0.25) is 19.2 Å². The highest BCUT2D eigenvalue weighted by Crippen LogP contribution is 2.42. The van der Waals surface area contributed by atoms with Crippen LogP contribution in [0.5, 0.6) is 5.75 Å². The fourth-order valence-corrected chi connectivity index (χ4v) is 7.76. The maximum atomic E-state index is 12.3. The van der Waals surface area contributed by atoms with Crippen LogP contribution in [0.4, 0.5) is 5.69 Å². The number of hydrogen-bond donors (Lipinski definition) is 4. The Kier molecular flexibility index (Phi) is 16.7. The number of aromatic hydroxyl groups is 1. The zero-order chi connectivity index (χ0) is 44.4. The fourth-order valence-electron chi connectivity index (χ4n) is 7.48. The first kappa shape index (κ1) is 47.0. The van der Waals surface area contributed by atoms with E-state index in [1.54, 1.807) is 30.3 Å². The molecule has 5 rings (SSSR count). The van der Waals surface area contributed by atoms with Gasteiger partial charge in [0, 0.05) is 64.4 Å². The molecule has 61 heavy (non-hydrogen) atoms. The van der Waals surface area contributed by atoms with Crippen LogP contribution in [0.2, 0.25) is 0 Å². The third-order valence-corrected chi connectivity index (χ3v) is 10.5. The lowest BCUT2D eigenvalue weighted by Gasteiger charge is -2.44. The Morgan fingerprint density at radius 3 is 2.05 bits per heavy atom. The molecule has 1 unspecified atom stereocenters. The number of phenols is 1. The highest BCUT2D eigenvalue weighted by atomic mass is 32.1. The van der Waals surface area contributed by atoms with E-state index < -0.39 is 72.9 Å². The van der Waals surface area contributed by atoms with Gasteiger partial charge in [-0.15, -0.1) is 0 Å². The van der Waals surface area contributed by atoms with Crippen LogP contribution in [-0.4, -0.2) is 112 Å². The van der Waals surface area contributed by atoms with E-state index in [9.17, 15) is 34.5 Å². The van der Waals surface area contributed by atoms with Crippen LogP contribution in [0.15, 0.2) is 72.8 Å². The molecule has 17 heteroatoms. The van der Waals surface area contributed by atoms with E-state index in [1.807, 2.05) is 55.3 Å². The van der Waals surface area contributed by atoms with Crippen LogP contribution >= 0.6 is 12.2 Å². The number of thiocarbonyl (C=S) groups is 1. The number of nitrogens with zero attached hydrogens (tertiary/aromatic N) is 1. The summed E-state index contributed by atoms with van der Waals surface area (Å²) in [6.07, 6.45) is -8.60. The Labute approximate surface area is 360 Å². The van der Waals surface area contributed by atoms with E-state index >= 15 is 0 Å². The first-order valence-electron chi connectivity index (χ1n) is 19.9. The van der Waals surface area contributed by atoms with E-state index in [-0.39, 0.29) is 48.9 Å². The van der Waals surface area contributed by atoms with Gasteiger partial charge in [0.05, 0.1) is 29.9 Å². The summed E-state index contributed by atoms with van der Waals surface area (Å²) in [5, 5.41) is 33.8. The number of esters is 4. The Morgan fingerprint density at radius 1 is 0.787 bits per heavy atom. The Bertz CT molecular complexity index is 2000. The molecule has 0 saturated carbocycles. The van der Waals surface area contributed by atoms with Crippen LogP contribution < -0.4 is 5.32 Å². The number of benzene rings is 3. The predicted molar refractivity (Wildman–Crippen MR) is 223 cm³/mol. The van der Waals surface area contributed by atoms with Gasteiger partial charge in [-0.1, -0.05) is 67.7 Å². The molecule has 2 aliphatic rings. The molecule has 2 aliphatic heterocycles. The largest absolute Gasteiger partial charge is 0.508 e. The summed E-state index contributed by atoms with van der Waals surface area (Å²) >= 11 is 5.79. The molecule has 0 amide bonds. The minimum Gasteiger partial charge on any atom is -0.508 e. The molecule has 0 aliphatic carbocycles. The number of nitrogens with one attached hydrogen (secondary N) is 1. The molecule has 2 heterocycles. The summed E-state index contributed by atoms with van der Waals surface area (Å²) in [7, 11) is 1.88. The minimum absolute atomic E-state index is 0.0664. The number of aliphatic hydroxyl groups is 2. The molecule has 16 nitrogen and oxygen atoms in total. The molecule has 3 aromatic carbocycles. The fraction of sp³-hybridized carbons (Fsp3) is 0.477. The molecular weight excluding hydrogens is 813 g/mol. The summed E-state index contributed by atoms with van der Waals surface area (Å²) in [4.78, 5) is 50.7. The predicted octanol–water partition coefficient (Wildman–Crippen LogP) is 4.60. The highest BCUT2D eigenvalue weighted by molar-refractivity contribution is 7.80. The van der Waals surface area contributed by atoms with Crippen LogP contribution in [0.3, 0.4) is 0 Å². The topological polar surface area (TPSA) is 209 Å². The summed E-state index contributed by atoms with van der Waals surface area (Å²) in [6, 6.07) is 21.3. The smallest absolute Gasteiger partial charge is 0.303 e. The molecule has 0 spiro atoms. The molecule has 330 valence electrons. The van der Waals surface area contributed by atoms with E-state index in [2.05, 4.69) is 5.32 Å². The first-order valence-corrected chi connectivity index (χ1v) is 20.3. The molecule has 0 bridgehead atoms. The molecule has 0 aromatic heterocycles. The number of likely N-dealkylation sites (N-methyl/N-ethyl adjacent to an activating group) is 1. The average molecular weight is 867 g/mol. The minimum atomic E-state index is -1.33. The van der Waals surface area contributed by atoms with Crippen LogP contribution in [0.1, 0.15) is 81.8 Å². The quantitative estimate of drug-likeness (QED) is 0.0882. The van der Waals surface area contributed by atoms with E-state index in [0.717, 1.165) is 25.0 Å². The maximum absolute atomic E-state index is 12.3. The highest BCUT2D eigenvalue weighted by Gasteiger charge is 2.52. The summed E-state index contributed by atoms with van der Waals surface area (Å²) in [5.41, 5.74) is 3.47. The molecule has 10 atom stereocenters. The van der Waals surface area contributed by atoms with Gasteiger partial charge >= 0.3 is 23.9 Å². The number of phenolic OH excluding ortho intramolecular Hbond substituents is 1. The lowest BCUT2D eigenvalue weighted by molar-refractivity contribution is -0.276. The molecule has 0 radical (unpaired) electrons. The van der Waals surface area contributed by atoms with E-state index in [1.165, 1.54) is 19.9 Å². The third kappa shape index (κ3) is 13.2. The van der Waals surface area contributed by atoms with Crippen molar-refractivity contribution in [2.75, 3.05) is 32.1 Å². The molecule has 2 saturated heterocycles. The number of aliphatic hydroxyl groups excluding tert-OH is 2. The number of anilines is 1. The Balaban J connectivity index is 1.37. The second-order valence-electron chi connectivity index (χ2n) is 15.3. The van der Waals surface area contributed by atoms with Crippen molar-refractivity contribution in [1.29, 1.82) is 0 Å². The first-order chi connectivity index (χ1) is 29.0. The van der Waals surface area contributed by atoms with Crippen LogP contribution in [0.25, 0.3) is 0 Å². The number of carbonyl (C=O) groups is 4. The second kappa shape index (κ2) is 21.7. The van der Waals surface area contributed by atoms with Crippen molar-refractivity contribution in [3.8, 4) is 5.75 Å². The van der Waals surface area contributed by atoms with Gasteiger partial charge in [0.2, 0.25) is 0 Å². The van der Waals surface area contributed by atoms with Gasteiger partial charge in [-0.2, -0.15) is 0 Å². The SMILES string of the molecule is CC(=O)OC[C@H]1O[C@@H](CC(=S)Nc2cccc(C3O[C@H](CN(C)C[C@@H](O)c4cccc(O)c4)[C@H](C)[C@H](c4ccc(CO)cc4)O3)c2)[C@H](OC(C)=O)[C@@H](OC(C)=O)[C@@H]1OC(C)=O. The number of carbonyl (C=O) groups excluding carboxylic acids is 4. The standard InChI is InChI=1S/C44H54N2O14S/c1-24-37(21-46(6)20-35(53)31-9-8-12-34(52)18-31)59-44(60-40(24)30-15-13-29(22-47)14-16-30)32-10-7-11-33(17-32)45-39(61)19-36-41(55-26(3)49)43(57-28(5)51)42(56-27(4)50)38(58-36)23-54-25(2)48/h7-18,24,35-38,40-44,47,52-53H,19-23H2,1-6H3,(H,45,61)/t24-,35+,36-,37+,38+,40+,41-,42+,43+,44?/m0/s1. The van der Waals surface area contributed by atoms with Crippen LogP contribution in [0, 0.1) is 5.92 Å². The lowest BCUT2D eigenvalue weighted by Crippen LogP contribution is -2.62. The van der Waals surface area contributed by atoms with Gasteiger partial charge in [0.15, 0.2) is 24.6 Å². The van der Waals surface area contributed by atoms with Gasteiger partial charge in [0.25, 0.3) is 0 Å². The normalized spacial score (nSPS) is 25.5. The second-order valence-corrected chi connectivity index (χ2v) is 15.8. The number of ether oxygens (including phenoxy) is 7. The van der Waals surface area contributed by atoms with Gasteiger partial charge < -0.3 is 58.7 Å². The summed E-state index contributed by atoms with van der Waals surface area (Å²) in [6.45, 7) is 6.95. The van der Waals surface area contributed by atoms with Crippen molar-refractivity contribution in [1.82, 2.24) is 4.90 Å². The van der Waals surface area contributed by atoms with Crippen molar-refractivity contribution < 1.29 is 67.7 Å².